The molecule has 0 bridgehead atoms. The van der Waals surface area contributed by atoms with Gasteiger partial charge in [-0.25, -0.2) is 10.1 Å². The molecule has 7 nitrogen and oxygen atoms in total. The van der Waals surface area contributed by atoms with Crippen LogP contribution in [0.25, 0.3) is 5.69 Å². The van der Waals surface area contributed by atoms with Gasteiger partial charge in [0.15, 0.2) is 0 Å². The van der Waals surface area contributed by atoms with Crippen LogP contribution in [-0.4, -0.2) is 27.0 Å². The number of phenolic OH excluding ortho intramolecular Hbond substituents is 1. The number of aromatic hydroxyl groups is 1. The second-order valence-electron chi connectivity index (χ2n) is 5.82. The van der Waals surface area contributed by atoms with Gasteiger partial charge in [0.1, 0.15) is 5.75 Å². The van der Waals surface area contributed by atoms with E-state index in [-0.39, 0.29) is 11.3 Å². The van der Waals surface area contributed by atoms with Crippen molar-refractivity contribution in [1.29, 1.82) is 0 Å². The summed E-state index contributed by atoms with van der Waals surface area (Å²) in [6, 6.07) is 13.3. The number of phenols is 1. The van der Waals surface area contributed by atoms with Gasteiger partial charge in [-0.3, -0.25) is 14.7 Å². The maximum Gasteiger partial charge on any atom is 0.280 e. The Balaban J connectivity index is 1.81. The molecular weight excluding hydrogens is 332 g/mol. The Kier molecular flexibility index (Phi) is 4.70. The van der Waals surface area contributed by atoms with E-state index in [1.807, 2.05) is 31.2 Å². The van der Waals surface area contributed by atoms with Crippen LogP contribution in [0.1, 0.15) is 27.2 Å². The number of hydrazone groups is 1. The lowest BCUT2D eigenvalue weighted by atomic mass is 10.2. The number of H-pyrrole nitrogens is 1. The van der Waals surface area contributed by atoms with Crippen LogP contribution < -0.4 is 11.0 Å². The molecule has 3 aromatic rings. The molecule has 3 rings (SSSR count). The molecule has 0 fully saturated rings. The fourth-order valence-electron chi connectivity index (χ4n) is 2.53. The maximum absolute atomic E-state index is 12.6. The second kappa shape index (κ2) is 7.10. The molecule has 0 atom stereocenters. The van der Waals surface area contributed by atoms with E-state index in [0.29, 0.717) is 16.8 Å². The first kappa shape index (κ1) is 17.2. The van der Waals surface area contributed by atoms with Crippen molar-refractivity contribution in [3.63, 3.8) is 0 Å². The van der Waals surface area contributed by atoms with Crippen LogP contribution in [0.5, 0.6) is 5.75 Å². The monoisotopic (exact) mass is 350 g/mol. The molecule has 1 aromatic heterocycles. The van der Waals surface area contributed by atoms with E-state index in [1.165, 1.54) is 35.2 Å². The van der Waals surface area contributed by atoms with Crippen LogP contribution in [0.4, 0.5) is 0 Å². The number of carbonyl (C=O) groups excluding carboxylic acids is 1. The van der Waals surface area contributed by atoms with Crippen LogP contribution in [0.2, 0.25) is 0 Å². The highest BCUT2D eigenvalue weighted by Gasteiger charge is 2.12. The number of nitrogens with zero attached hydrogens (tertiary/aromatic N) is 2. The first-order valence-electron chi connectivity index (χ1n) is 7.97. The fourth-order valence-corrected chi connectivity index (χ4v) is 2.53. The molecule has 0 unspecified atom stereocenters. The van der Waals surface area contributed by atoms with Gasteiger partial charge in [0.05, 0.1) is 17.5 Å². The largest absolute Gasteiger partial charge is 0.508 e. The van der Waals surface area contributed by atoms with Crippen LogP contribution in [-0.2, 0) is 0 Å². The summed E-state index contributed by atoms with van der Waals surface area (Å²) in [5.41, 5.74) is 5.18. The van der Waals surface area contributed by atoms with E-state index in [9.17, 15) is 14.7 Å². The third-order valence-electron chi connectivity index (χ3n) is 3.96. The molecule has 3 N–H and O–H groups in total. The molecular formula is C19H18N4O3. The Hall–Kier alpha value is -3.61. The summed E-state index contributed by atoms with van der Waals surface area (Å²) in [6.45, 7) is 3.68. The highest BCUT2D eigenvalue weighted by molar-refractivity contribution is 5.95. The normalized spacial score (nSPS) is 11.0. The number of para-hydroxylation sites is 1. The van der Waals surface area contributed by atoms with Gasteiger partial charge in [-0.2, -0.15) is 5.10 Å². The predicted octanol–water partition coefficient (Wildman–Crippen LogP) is 2.25. The van der Waals surface area contributed by atoms with Crippen molar-refractivity contribution in [2.45, 2.75) is 13.8 Å². The summed E-state index contributed by atoms with van der Waals surface area (Å²) in [5, 5.41) is 16.1. The average molecular weight is 350 g/mol. The number of hydrogen-bond donors (Lipinski definition) is 3. The molecule has 26 heavy (non-hydrogen) atoms. The minimum Gasteiger partial charge on any atom is -0.508 e. The van der Waals surface area contributed by atoms with Crippen molar-refractivity contribution in [1.82, 2.24) is 15.2 Å². The van der Waals surface area contributed by atoms with Gasteiger partial charge in [-0.1, -0.05) is 18.2 Å². The van der Waals surface area contributed by atoms with Gasteiger partial charge in [-0.15, -0.1) is 0 Å². The zero-order valence-corrected chi connectivity index (χ0v) is 14.4. The number of benzene rings is 2. The highest BCUT2D eigenvalue weighted by atomic mass is 16.3. The quantitative estimate of drug-likeness (QED) is 0.497. The lowest BCUT2D eigenvalue weighted by Crippen LogP contribution is -2.20. The van der Waals surface area contributed by atoms with E-state index >= 15 is 0 Å². The third-order valence-corrected chi connectivity index (χ3v) is 3.96. The number of aromatic nitrogens is 2. The number of carbonyl (C=O) groups is 1. The van der Waals surface area contributed by atoms with Crippen LogP contribution in [0.3, 0.4) is 0 Å². The van der Waals surface area contributed by atoms with Gasteiger partial charge in [0.2, 0.25) is 0 Å². The molecule has 2 aromatic carbocycles. The third kappa shape index (κ3) is 3.41. The van der Waals surface area contributed by atoms with Crippen molar-refractivity contribution < 1.29 is 9.90 Å². The minimum absolute atomic E-state index is 0.0738. The second-order valence-corrected chi connectivity index (χ2v) is 5.82. The van der Waals surface area contributed by atoms with Crippen LogP contribution >= 0.6 is 0 Å². The van der Waals surface area contributed by atoms with Gasteiger partial charge in [0.25, 0.3) is 11.5 Å². The molecule has 0 spiro atoms. The summed E-state index contributed by atoms with van der Waals surface area (Å²) in [6.07, 6.45) is 1.32. The smallest absolute Gasteiger partial charge is 0.280 e. The zero-order chi connectivity index (χ0) is 18.7. The molecule has 0 saturated carbocycles. The number of rotatable bonds is 4. The van der Waals surface area contributed by atoms with Gasteiger partial charge < -0.3 is 5.11 Å². The Bertz CT molecular complexity index is 1030. The number of hydrogen-bond acceptors (Lipinski definition) is 4. The predicted molar refractivity (Wildman–Crippen MR) is 99.0 cm³/mol. The number of aromatic amines is 1. The van der Waals surface area contributed by atoms with Gasteiger partial charge in [0, 0.05) is 11.3 Å². The minimum atomic E-state index is -0.436. The van der Waals surface area contributed by atoms with E-state index in [4.69, 9.17) is 0 Å². The molecule has 0 saturated heterocycles. The maximum atomic E-state index is 12.6. The summed E-state index contributed by atoms with van der Waals surface area (Å²) < 4.78 is 1.45. The lowest BCUT2D eigenvalue weighted by molar-refractivity contribution is 0.0955. The molecule has 1 heterocycles. The van der Waals surface area contributed by atoms with E-state index in [0.717, 1.165) is 11.3 Å². The lowest BCUT2D eigenvalue weighted by Gasteiger charge is -2.04. The van der Waals surface area contributed by atoms with Crippen molar-refractivity contribution in [2.24, 2.45) is 5.10 Å². The van der Waals surface area contributed by atoms with Crippen LogP contribution in [0, 0.1) is 13.8 Å². The topological polar surface area (TPSA) is 99.5 Å². The molecule has 132 valence electrons. The summed E-state index contributed by atoms with van der Waals surface area (Å²) in [7, 11) is 0. The van der Waals surface area contributed by atoms with Gasteiger partial charge in [-0.05, 0) is 49.7 Å². The molecule has 7 heteroatoms. The molecule has 0 aliphatic rings. The summed E-state index contributed by atoms with van der Waals surface area (Å²) in [5.74, 6) is -0.363. The Morgan fingerprint density at radius 1 is 1.15 bits per heavy atom. The number of aryl methyl sites for hydroxylation is 2. The van der Waals surface area contributed by atoms with Crippen molar-refractivity contribution in [2.75, 3.05) is 0 Å². The highest BCUT2D eigenvalue weighted by Crippen LogP contribution is 2.12. The van der Waals surface area contributed by atoms with E-state index in [1.54, 1.807) is 6.92 Å². The zero-order valence-electron chi connectivity index (χ0n) is 14.4. The molecule has 1 amide bonds. The molecule has 0 aliphatic heterocycles. The Morgan fingerprint density at radius 3 is 2.54 bits per heavy atom. The van der Waals surface area contributed by atoms with Crippen molar-refractivity contribution in [3.05, 3.63) is 81.3 Å². The summed E-state index contributed by atoms with van der Waals surface area (Å²) >= 11 is 0. The van der Waals surface area contributed by atoms with Crippen molar-refractivity contribution in [3.8, 4) is 11.4 Å². The van der Waals surface area contributed by atoms with Crippen molar-refractivity contribution >= 4 is 12.1 Å². The van der Waals surface area contributed by atoms with Gasteiger partial charge >= 0.3 is 0 Å². The number of nitrogens with one attached hydrogen (secondary N) is 2. The Labute approximate surface area is 149 Å². The van der Waals surface area contributed by atoms with E-state index in [2.05, 4.69) is 15.6 Å². The molecule has 0 radical (unpaired) electrons. The molecule has 0 aliphatic carbocycles. The standard InChI is InChI=1S/C19H18N4O3/c1-12-5-3-4-6-17(12)23-19(26)16(13(2)22-23)11-20-21-18(25)14-7-9-15(24)10-8-14/h3-11,22,24H,1-2H3,(H,21,25)/b20-11+. The van der Waals surface area contributed by atoms with Crippen LogP contribution in [0.15, 0.2) is 58.4 Å². The first-order valence-corrected chi connectivity index (χ1v) is 7.97. The number of amides is 1. The average Bonchev–Trinajstić information content (AvgIpc) is 2.90. The summed E-state index contributed by atoms with van der Waals surface area (Å²) in [4.78, 5) is 24.6. The first-order chi connectivity index (χ1) is 12.5. The Morgan fingerprint density at radius 2 is 1.85 bits per heavy atom. The van der Waals surface area contributed by atoms with E-state index < -0.39 is 5.91 Å². The fraction of sp³-hybridized carbons (Fsp3) is 0.105. The SMILES string of the molecule is Cc1ccccc1-n1[nH]c(C)c(/C=N/NC(=O)c2ccc(O)cc2)c1=O.